The highest BCUT2D eigenvalue weighted by Gasteiger charge is 2.18. The van der Waals surface area contributed by atoms with Gasteiger partial charge in [0.1, 0.15) is 11.5 Å². The van der Waals surface area contributed by atoms with E-state index in [9.17, 15) is 9.59 Å². The van der Waals surface area contributed by atoms with E-state index in [0.29, 0.717) is 18.8 Å². The van der Waals surface area contributed by atoms with Gasteiger partial charge in [0.05, 0.1) is 0 Å². The van der Waals surface area contributed by atoms with Gasteiger partial charge in [0, 0.05) is 39.6 Å². The standard InChI is InChI=1S/C14H19N5O2/c1-4-19(9-10-5-7-16-8-6-10)11-12(15)17(2)14(21)18(3)13(11)20/h5-8H,4,9,15H2,1-3H3. The van der Waals surface area contributed by atoms with Crippen molar-refractivity contribution in [1.29, 1.82) is 0 Å². The number of nitrogen functional groups attached to an aromatic ring is 1. The normalized spacial score (nSPS) is 10.6. The quantitative estimate of drug-likeness (QED) is 0.862. The molecule has 0 aliphatic rings. The molecule has 7 heteroatoms. The molecule has 0 aliphatic heterocycles. The van der Waals surface area contributed by atoms with Crippen molar-refractivity contribution in [3.8, 4) is 0 Å². The van der Waals surface area contributed by atoms with Gasteiger partial charge >= 0.3 is 5.69 Å². The monoisotopic (exact) mass is 289 g/mol. The lowest BCUT2D eigenvalue weighted by atomic mass is 10.2. The fourth-order valence-electron chi connectivity index (χ4n) is 2.20. The molecular formula is C14H19N5O2. The average Bonchev–Trinajstić information content (AvgIpc) is 2.51. The van der Waals surface area contributed by atoms with Crippen LogP contribution in [0, 0.1) is 0 Å². The number of rotatable bonds is 4. The van der Waals surface area contributed by atoms with Gasteiger partial charge < -0.3 is 10.6 Å². The highest BCUT2D eigenvalue weighted by Crippen LogP contribution is 2.18. The second-order valence-electron chi connectivity index (χ2n) is 4.81. The van der Waals surface area contributed by atoms with Gasteiger partial charge in [-0.3, -0.25) is 18.9 Å². The maximum atomic E-state index is 12.4. The summed E-state index contributed by atoms with van der Waals surface area (Å²) in [5.41, 5.74) is 6.53. The third-order valence-electron chi connectivity index (χ3n) is 3.51. The first-order chi connectivity index (χ1) is 9.97. The summed E-state index contributed by atoms with van der Waals surface area (Å²) >= 11 is 0. The van der Waals surface area contributed by atoms with Crippen LogP contribution in [0.3, 0.4) is 0 Å². The summed E-state index contributed by atoms with van der Waals surface area (Å²) in [5.74, 6) is 0.180. The van der Waals surface area contributed by atoms with Gasteiger partial charge in [0.25, 0.3) is 5.56 Å². The van der Waals surface area contributed by atoms with Crippen molar-refractivity contribution in [1.82, 2.24) is 14.1 Å². The van der Waals surface area contributed by atoms with Gasteiger partial charge in [-0.05, 0) is 24.6 Å². The Hall–Kier alpha value is -2.57. The molecule has 2 aromatic rings. The van der Waals surface area contributed by atoms with Crippen molar-refractivity contribution in [2.24, 2.45) is 14.1 Å². The van der Waals surface area contributed by atoms with Gasteiger partial charge in [-0.1, -0.05) is 0 Å². The SMILES string of the molecule is CCN(Cc1ccncc1)c1c(N)n(C)c(=O)n(C)c1=O. The molecule has 0 unspecified atom stereocenters. The third kappa shape index (κ3) is 2.67. The van der Waals surface area contributed by atoms with Gasteiger partial charge in [-0.15, -0.1) is 0 Å². The Kier molecular flexibility index (Phi) is 4.11. The van der Waals surface area contributed by atoms with Gasteiger partial charge in [-0.25, -0.2) is 4.79 Å². The van der Waals surface area contributed by atoms with Crippen LogP contribution < -0.4 is 21.9 Å². The van der Waals surface area contributed by atoms with Crippen molar-refractivity contribution in [2.45, 2.75) is 13.5 Å². The zero-order valence-electron chi connectivity index (χ0n) is 12.4. The van der Waals surface area contributed by atoms with Crippen molar-refractivity contribution in [3.05, 3.63) is 50.9 Å². The van der Waals surface area contributed by atoms with Crippen LogP contribution in [0.4, 0.5) is 11.5 Å². The lowest BCUT2D eigenvalue weighted by molar-refractivity contribution is 0.680. The van der Waals surface area contributed by atoms with E-state index in [0.717, 1.165) is 10.1 Å². The summed E-state index contributed by atoms with van der Waals surface area (Å²) in [5, 5.41) is 0. The molecule has 0 spiro atoms. The smallest absolute Gasteiger partial charge is 0.332 e. The molecule has 0 aromatic carbocycles. The molecule has 21 heavy (non-hydrogen) atoms. The molecule has 0 radical (unpaired) electrons. The Balaban J connectivity index is 2.53. The van der Waals surface area contributed by atoms with E-state index in [-0.39, 0.29) is 11.4 Å². The van der Waals surface area contributed by atoms with Crippen LogP contribution in [0.1, 0.15) is 12.5 Å². The second-order valence-corrected chi connectivity index (χ2v) is 4.81. The minimum Gasteiger partial charge on any atom is -0.383 e. The zero-order valence-corrected chi connectivity index (χ0v) is 12.4. The Morgan fingerprint density at radius 2 is 1.81 bits per heavy atom. The molecular weight excluding hydrogens is 270 g/mol. The molecule has 0 bridgehead atoms. The maximum absolute atomic E-state index is 12.4. The molecule has 112 valence electrons. The highest BCUT2D eigenvalue weighted by atomic mass is 16.2. The molecule has 0 aliphatic carbocycles. The third-order valence-corrected chi connectivity index (χ3v) is 3.51. The number of hydrogen-bond acceptors (Lipinski definition) is 5. The van der Waals surface area contributed by atoms with E-state index >= 15 is 0 Å². The summed E-state index contributed by atoms with van der Waals surface area (Å²) in [7, 11) is 3.01. The lowest BCUT2D eigenvalue weighted by Crippen LogP contribution is -2.42. The number of nitrogens with two attached hydrogens (primary N) is 1. The second kappa shape index (κ2) is 5.82. The molecule has 0 saturated heterocycles. The molecule has 0 fully saturated rings. The number of aromatic nitrogens is 3. The molecule has 2 N–H and O–H groups in total. The van der Waals surface area contributed by atoms with Crippen molar-refractivity contribution >= 4 is 11.5 Å². The first-order valence-corrected chi connectivity index (χ1v) is 6.66. The highest BCUT2D eigenvalue weighted by molar-refractivity contribution is 5.62. The maximum Gasteiger partial charge on any atom is 0.332 e. The van der Waals surface area contributed by atoms with E-state index < -0.39 is 5.69 Å². The molecule has 2 aromatic heterocycles. The molecule has 2 rings (SSSR count). The summed E-state index contributed by atoms with van der Waals surface area (Å²) < 4.78 is 2.35. The first-order valence-electron chi connectivity index (χ1n) is 6.66. The molecule has 0 amide bonds. The lowest BCUT2D eigenvalue weighted by Gasteiger charge is -2.25. The predicted molar refractivity (Wildman–Crippen MR) is 82.3 cm³/mol. The van der Waals surface area contributed by atoms with E-state index in [4.69, 9.17) is 5.73 Å². The van der Waals surface area contributed by atoms with E-state index in [1.165, 1.54) is 11.6 Å². The van der Waals surface area contributed by atoms with Crippen LogP contribution in [-0.4, -0.2) is 20.7 Å². The summed E-state index contributed by atoms with van der Waals surface area (Å²) in [6.07, 6.45) is 3.40. The fraction of sp³-hybridized carbons (Fsp3) is 0.357. The van der Waals surface area contributed by atoms with E-state index in [1.54, 1.807) is 19.4 Å². The van der Waals surface area contributed by atoms with Crippen LogP contribution in [0.5, 0.6) is 0 Å². The first kappa shape index (κ1) is 14.8. The van der Waals surface area contributed by atoms with Crippen LogP contribution in [0.2, 0.25) is 0 Å². The number of nitrogens with zero attached hydrogens (tertiary/aromatic N) is 4. The van der Waals surface area contributed by atoms with Crippen molar-refractivity contribution in [3.63, 3.8) is 0 Å². The van der Waals surface area contributed by atoms with E-state index in [1.807, 2.05) is 24.0 Å². The van der Waals surface area contributed by atoms with Gasteiger partial charge in [-0.2, -0.15) is 0 Å². The van der Waals surface area contributed by atoms with Gasteiger partial charge in [0.15, 0.2) is 0 Å². The van der Waals surface area contributed by atoms with Crippen molar-refractivity contribution < 1.29 is 0 Å². The summed E-state index contributed by atoms with van der Waals surface area (Å²) in [6.45, 7) is 3.06. The molecule has 7 nitrogen and oxygen atoms in total. The Bertz CT molecular complexity index is 748. The Morgan fingerprint density at radius 3 is 2.38 bits per heavy atom. The minimum absolute atomic E-state index is 0.180. The Morgan fingerprint density at radius 1 is 1.19 bits per heavy atom. The van der Waals surface area contributed by atoms with Crippen LogP contribution in [-0.2, 0) is 20.6 Å². The van der Waals surface area contributed by atoms with Crippen molar-refractivity contribution in [2.75, 3.05) is 17.2 Å². The molecule has 0 saturated carbocycles. The summed E-state index contributed by atoms with van der Waals surface area (Å²) in [4.78, 5) is 30.0. The number of pyridine rings is 1. The fourth-order valence-corrected chi connectivity index (χ4v) is 2.20. The molecule has 0 atom stereocenters. The van der Waals surface area contributed by atoms with Crippen LogP contribution >= 0.6 is 0 Å². The molecule has 2 heterocycles. The Labute approximate surface area is 122 Å². The average molecular weight is 289 g/mol. The summed E-state index contributed by atoms with van der Waals surface area (Å²) in [6, 6.07) is 3.76. The van der Waals surface area contributed by atoms with E-state index in [2.05, 4.69) is 4.98 Å². The van der Waals surface area contributed by atoms with Gasteiger partial charge in [0.2, 0.25) is 0 Å². The largest absolute Gasteiger partial charge is 0.383 e. The van der Waals surface area contributed by atoms with Crippen LogP contribution in [0.25, 0.3) is 0 Å². The zero-order chi connectivity index (χ0) is 15.6. The number of anilines is 2. The topological polar surface area (TPSA) is 86.2 Å². The van der Waals surface area contributed by atoms with Crippen LogP contribution in [0.15, 0.2) is 34.1 Å². The minimum atomic E-state index is -0.429. The predicted octanol–water partition coefficient (Wildman–Crippen LogP) is 0.0877. The number of hydrogen-bond donors (Lipinski definition) is 1.